The second-order valence-corrected chi connectivity index (χ2v) is 4.71. The topological polar surface area (TPSA) is 89.8 Å². The van der Waals surface area contributed by atoms with E-state index in [-0.39, 0.29) is 5.95 Å². The summed E-state index contributed by atoms with van der Waals surface area (Å²) in [6.07, 6.45) is 0. The van der Waals surface area contributed by atoms with Gasteiger partial charge in [-0.25, -0.2) is 4.98 Å². The van der Waals surface area contributed by atoms with Gasteiger partial charge in [-0.3, -0.25) is 4.57 Å². The first-order valence-electron chi connectivity index (χ1n) is 6.03. The maximum absolute atomic E-state index is 9.26. The van der Waals surface area contributed by atoms with Crippen LogP contribution in [0.4, 0.5) is 5.95 Å². The van der Waals surface area contributed by atoms with E-state index >= 15 is 0 Å². The van der Waals surface area contributed by atoms with Gasteiger partial charge in [0.2, 0.25) is 11.8 Å². The number of halogens is 1. The van der Waals surface area contributed by atoms with Gasteiger partial charge in [0.1, 0.15) is 11.6 Å². The maximum Gasteiger partial charge on any atom is 0.215 e. The molecule has 6 nitrogen and oxygen atoms in total. The molecule has 0 aliphatic carbocycles. The van der Waals surface area contributed by atoms with E-state index in [2.05, 4.69) is 16.0 Å². The van der Waals surface area contributed by atoms with Crippen molar-refractivity contribution in [2.24, 2.45) is 0 Å². The molecule has 7 heteroatoms. The number of nitrogen functional groups attached to an aromatic ring is 1. The minimum Gasteiger partial charge on any atom is -0.481 e. The first-order chi connectivity index (χ1) is 10.1. The molecule has 3 rings (SSSR count). The minimum atomic E-state index is 0.226. The largest absolute Gasteiger partial charge is 0.481 e. The molecule has 21 heavy (non-hydrogen) atoms. The second-order valence-electron chi connectivity index (χ2n) is 4.28. The number of pyridine rings is 1. The van der Waals surface area contributed by atoms with Gasteiger partial charge < -0.3 is 10.5 Å². The molecule has 104 valence electrons. The van der Waals surface area contributed by atoms with E-state index in [1.165, 1.54) is 7.11 Å². The van der Waals surface area contributed by atoms with E-state index in [4.69, 9.17) is 22.1 Å². The zero-order chi connectivity index (χ0) is 15.0. The summed E-state index contributed by atoms with van der Waals surface area (Å²) in [4.78, 5) is 8.58. The SMILES string of the molecule is COc1ccc2nc(N)n(-c3cc(Cl)ccc3C#N)c2n1. The minimum absolute atomic E-state index is 0.226. The molecule has 3 aromatic rings. The summed E-state index contributed by atoms with van der Waals surface area (Å²) in [5, 5.41) is 9.75. The Morgan fingerprint density at radius 2 is 2.10 bits per heavy atom. The molecule has 0 fully saturated rings. The third-order valence-corrected chi connectivity index (χ3v) is 3.27. The number of hydrogen-bond acceptors (Lipinski definition) is 5. The molecule has 0 saturated carbocycles. The molecule has 0 spiro atoms. The van der Waals surface area contributed by atoms with Crippen LogP contribution in [0.15, 0.2) is 30.3 Å². The number of hydrogen-bond donors (Lipinski definition) is 1. The lowest BCUT2D eigenvalue weighted by molar-refractivity contribution is 0.399. The number of methoxy groups -OCH3 is 1. The van der Waals surface area contributed by atoms with Crippen LogP contribution in [0, 0.1) is 11.3 Å². The summed E-state index contributed by atoms with van der Waals surface area (Å²) in [6, 6.07) is 10.5. The molecule has 2 aromatic heterocycles. The molecule has 0 radical (unpaired) electrons. The highest BCUT2D eigenvalue weighted by Crippen LogP contribution is 2.27. The molecule has 0 aliphatic rings. The van der Waals surface area contributed by atoms with Crippen LogP contribution in [0.5, 0.6) is 5.88 Å². The fourth-order valence-corrected chi connectivity index (χ4v) is 2.26. The fraction of sp³-hybridized carbons (Fsp3) is 0.0714. The number of nitrogens with two attached hydrogens (primary N) is 1. The van der Waals surface area contributed by atoms with Crippen molar-refractivity contribution >= 4 is 28.7 Å². The van der Waals surface area contributed by atoms with Crippen LogP contribution in [0.2, 0.25) is 5.02 Å². The summed E-state index contributed by atoms with van der Waals surface area (Å²) in [6.45, 7) is 0. The molecule has 0 amide bonds. The number of aromatic nitrogens is 3. The normalized spacial score (nSPS) is 10.5. The molecule has 0 atom stereocenters. The van der Waals surface area contributed by atoms with Crippen LogP contribution in [0.25, 0.3) is 16.9 Å². The van der Waals surface area contributed by atoms with Crippen molar-refractivity contribution in [1.82, 2.24) is 14.5 Å². The Morgan fingerprint density at radius 1 is 1.29 bits per heavy atom. The summed E-state index contributed by atoms with van der Waals surface area (Å²) in [5.41, 5.74) is 8.04. The number of rotatable bonds is 2. The molecule has 0 saturated heterocycles. The highest BCUT2D eigenvalue weighted by molar-refractivity contribution is 6.30. The standard InChI is InChI=1S/C14H10ClN5O/c1-21-12-5-4-10-13(19-12)20(14(17)18-10)11-6-9(15)3-2-8(11)7-16/h2-6H,1H3,(H2,17,18). The summed E-state index contributed by atoms with van der Waals surface area (Å²) < 4.78 is 6.70. The number of nitrogens with zero attached hydrogens (tertiary/aromatic N) is 4. The Morgan fingerprint density at radius 3 is 2.81 bits per heavy atom. The molecular formula is C14H10ClN5O. The average Bonchev–Trinajstić information content (AvgIpc) is 2.81. The third-order valence-electron chi connectivity index (χ3n) is 3.04. The smallest absolute Gasteiger partial charge is 0.215 e. The molecular weight excluding hydrogens is 290 g/mol. The zero-order valence-electron chi connectivity index (χ0n) is 11.0. The van der Waals surface area contributed by atoms with Crippen molar-refractivity contribution in [1.29, 1.82) is 5.26 Å². The Balaban J connectivity index is 2.37. The highest BCUT2D eigenvalue weighted by Gasteiger charge is 2.15. The zero-order valence-corrected chi connectivity index (χ0v) is 11.8. The van der Waals surface area contributed by atoms with Gasteiger partial charge in [0.05, 0.1) is 18.4 Å². The number of anilines is 1. The maximum atomic E-state index is 9.26. The third kappa shape index (κ3) is 2.14. The van der Waals surface area contributed by atoms with Crippen molar-refractivity contribution in [3.63, 3.8) is 0 Å². The van der Waals surface area contributed by atoms with E-state index in [9.17, 15) is 5.26 Å². The summed E-state index contributed by atoms with van der Waals surface area (Å²) >= 11 is 6.02. The Hall–Kier alpha value is -2.78. The number of imidazole rings is 1. The van der Waals surface area contributed by atoms with Crippen LogP contribution in [-0.2, 0) is 0 Å². The van der Waals surface area contributed by atoms with Gasteiger partial charge in [-0.2, -0.15) is 10.2 Å². The van der Waals surface area contributed by atoms with Gasteiger partial charge in [-0.15, -0.1) is 0 Å². The fourth-order valence-electron chi connectivity index (χ4n) is 2.09. The molecule has 2 heterocycles. The highest BCUT2D eigenvalue weighted by atomic mass is 35.5. The predicted molar refractivity (Wildman–Crippen MR) is 79.6 cm³/mol. The van der Waals surface area contributed by atoms with Gasteiger partial charge >= 0.3 is 0 Å². The number of benzene rings is 1. The molecule has 2 N–H and O–H groups in total. The van der Waals surface area contributed by atoms with Crippen LogP contribution in [0.3, 0.4) is 0 Å². The van der Waals surface area contributed by atoms with E-state index < -0.39 is 0 Å². The van der Waals surface area contributed by atoms with E-state index in [1.54, 1.807) is 34.9 Å². The molecule has 0 bridgehead atoms. The van der Waals surface area contributed by atoms with Crippen molar-refractivity contribution in [3.05, 3.63) is 40.9 Å². The quantitative estimate of drug-likeness (QED) is 0.785. The van der Waals surface area contributed by atoms with Crippen molar-refractivity contribution in [3.8, 4) is 17.6 Å². The van der Waals surface area contributed by atoms with Crippen LogP contribution in [0.1, 0.15) is 5.56 Å². The lowest BCUT2D eigenvalue weighted by Gasteiger charge is -2.08. The summed E-state index contributed by atoms with van der Waals surface area (Å²) in [5.74, 6) is 0.661. The van der Waals surface area contributed by atoms with Crippen molar-refractivity contribution < 1.29 is 4.74 Å². The van der Waals surface area contributed by atoms with Gasteiger partial charge in [0.25, 0.3) is 0 Å². The van der Waals surface area contributed by atoms with Crippen LogP contribution < -0.4 is 10.5 Å². The second kappa shape index (κ2) is 4.96. The lowest BCUT2D eigenvalue weighted by atomic mass is 10.2. The van der Waals surface area contributed by atoms with Gasteiger partial charge in [-0.05, 0) is 24.3 Å². The lowest BCUT2D eigenvalue weighted by Crippen LogP contribution is -2.04. The van der Waals surface area contributed by atoms with Gasteiger partial charge in [-0.1, -0.05) is 11.6 Å². The number of ether oxygens (including phenoxy) is 1. The predicted octanol–water partition coefficient (Wildman–Crippen LogP) is 2.54. The molecule has 0 aliphatic heterocycles. The average molecular weight is 300 g/mol. The Labute approximate surface area is 125 Å². The number of fused-ring (bicyclic) bond motifs is 1. The first-order valence-corrected chi connectivity index (χ1v) is 6.41. The molecule has 0 unspecified atom stereocenters. The van der Waals surface area contributed by atoms with E-state index in [0.29, 0.717) is 33.3 Å². The van der Waals surface area contributed by atoms with Crippen molar-refractivity contribution in [2.75, 3.05) is 12.8 Å². The van der Waals surface area contributed by atoms with E-state index in [0.717, 1.165) is 0 Å². The Bertz CT molecular complexity index is 881. The van der Waals surface area contributed by atoms with Gasteiger partial charge in [0, 0.05) is 11.1 Å². The van der Waals surface area contributed by atoms with Crippen LogP contribution >= 0.6 is 11.6 Å². The van der Waals surface area contributed by atoms with Crippen molar-refractivity contribution in [2.45, 2.75) is 0 Å². The van der Waals surface area contributed by atoms with Gasteiger partial charge in [0.15, 0.2) is 5.65 Å². The van der Waals surface area contributed by atoms with Crippen LogP contribution in [-0.4, -0.2) is 21.6 Å². The Kier molecular flexibility index (Phi) is 3.12. The number of nitriles is 1. The monoisotopic (exact) mass is 299 g/mol. The first kappa shape index (κ1) is 13.2. The summed E-state index contributed by atoms with van der Waals surface area (Å²) in [7, 11) is 1.53. The molecule has 1 aromatic carbocycles. The van der Waals surface area contributed by atoms with E-state index in [1.807, 2.05) is 0 Å².